The summed E-state index contributed by atoms with van der Waals surface area (Å²) in [6, 6.07) is 21.5. The molecule has 0 aliphatic carbocycles. The van der Waals surface area contributed by atoms with E-state index < -0.39 is 0 Å². The van der Waals surface area contributed by atoms with Gasteiger partial charge in [0.2, 0.25) is 0 Å². The maximum Gasteiger partial charge on any atom is 0.256 e. The summed E-state index contributed by atoms with van der Waals surface area (Å²) in [6.07, 6.45) is 0. The molecule has 1 amide bonds. The van der Waals surface area contributed by atoms with Gasteiger partial charge in [0.05, 0.1) is 16.8 Å². The molecule has 140 valence electrons. The third-order valence-corrected chi connectivity index (χ3v) is 5.56. The van der Waals surface area contributed by atoms with Crippen molar-refractivity contribution in [2.24, 2.45) is 0 Å². The highest BCUT2D eigenvalue weighted by atomic mass is 32.1. The summed E-state index contributed by atoms with van der Waals surface area (Å²) in [5.74, 6) is -0.143. The molecule has 4 aromatic rings. The van der Waals surface area contributed by atoms with Gasteiger partial charge in [0, 0.05) is 23.9 Å². The zero-order valence-electron chi connectivity index (χ0n) is 15.7. The van der Waals surface area contributed by atoms with Crippen LogP contribution in [0.4, 0.5) is 5.69 Å². The first-order chi connectivity index (χ1) is 13.6. The van der Waals surface area contributed by atoms with Crippen molar-refractivity contribution >= 4 is 33.1 Å². The van der Waals surface area contributed by atoms with Gasteiger partial charge in [0.25, 0.3) is 5.91 Å². The largest absolute Gasteiger partial charge is 0.380 e. The van der Waals surface area contributed by atoms with Crippen LogP contribution in [0.15, 0.2) is 66.7 Å². The predicted molar refractivity (Wildman–Crippen MR) is 115 cm³/mol. The summed E-state index contributed by atoms with van der Waals surface area (Å²) < 4.78 is 6.36. The highest BCUT2D eigenvalue weighted by Crippen LogP contribution is 2.31. The van der Waals surface area contributed by atoms with Gasteiger partial charge in [-0.3, -0.25) is 4.79 Å². The number of aromatic nitrogens is 1. The number of hydrogen-bond acceptors (Lipinski definition) is 4. The molecule has 0 saturated carbocycles. The van der Waals surface area contributed by atoms with E-state index >= 15 is 0 Å². The number of ether oxygens (including phenoxy) is 1. The van der Waals surface area contributed by atoms with E-state index in [2.05, 4.69) is 30.4 Å². The van der Waals surface area contributed by atoms with Gasteiger partial charge < -0.3 is 10.1 Å². The van der Waals surface area contributed by atoms with Crippen molar-refractivity contribution in [2.75, 3.05) is 12.4 Å². The van der Waals surface area contributed by atoms with E-state index in [4.69, 9.17) is 9.72 Å². The van der Waals surface area contributed by atoms with Crippen LogP contribution in [0.2, 0.25) is 0 Å². The minimum absolute atomic E-state index is 0.143. The lowest BCUT2D eigenvalue weighted by atomic mass is 10.1. The molecule has 3 aromatic carbocycles. The molecule has 0 saturated heterocycles. The molecule has 5 heteroatoms. The lowest BCUT2D eigenvalue weighted by molar-refractivity contribution is 0.102. The van der Waals surface area contributed by atoms with Gasteiger partial charge in [-0.15, -0.1) is 11.3 Å². The Morgan fingerprint density at radius 2 is 1.86 bits per heavy atom. The normalized spacial score (nSPS) is 10.9. The number of rotatable bonds is 5. The third kappa shape index (κ3) is 3.81. The summed E-state index contributed by atoms with van der Waals surface area (Å²) in [6.45, 7) is 2.49. The molecule has 0 fully saturated rings. The number of thiazole rings is 1. The first-order valence-corrected chi connectivity index (χ1v) is 9.81. The highest BCUT2D eigenvalue weighted by molar-refractivity contribution is 7.21. The van der Waals surface area contributed by atoms with Crippen molar-refractivity contribution < 1.29 is 9.53 Å². The van der Waals surface area contributed by atoms with E-state index in [1.807, 2.05) is 42.5 Å². The fourth-order valence-electron chi connectivity index (χ4n) is 3.07. The average molecular weight is 388 g/mol. The van der Waals surface area contributed by atoms with Crippen molar-refractivity contribution in [1.29, 1.82) is 0 Å². The van der Waals surface area contributed by atoms with Gasteiger partial charge in [-0.25, -0.2) is 4.98 Å². The van der Waals surface area contributed by atoms with Crippen molar-refractivity contribution in [3.63, 3.8) is 0 Å². The number of anilines is 1. The van der Waals surface area contributed by atoms with Gasteiger partial charge in [0.1, 0.15) is 5.01 Å². The Morgan fingerprint density at radius 1 is 1.07 bits per heavy atom. The Labute approximate surface area is 167 Å². The van der Waals surface area contributed by atoms with E-state index in [1.54, 1.807) is 24.5 Å². The molecular weight excluding hydrogens is 368 g/mol. The van der Waals surface area contributed by atoms with Crippen LogP contribution in [0.5, 0.6) is 0 Å². The fourth-order valence-corrected chi connectivity index (χ4v) is 4.14. The monoisotopic (exact) mass is 388 g/mol. The van der Waals surface area contributed by atoms with E-state index in [9.17, 15) is 4.79 Å². The van der Waals surface area contributed by atoms with Gasteiger partial charge in [0.15, 0.2) is 0 Å². The predicted octanol–water partition coefficient (Wildman–Crippen LogP) is 5.67. The van der Waals surface area contributed by atoms with Crippen molar-refractivity contribution in [3.8, 4) is 10.6 Å². The standard InChI is InChI=1S/C23H20N2O2S/c1-15-7-12-20-21(13-15)28-23(25-20)16-8-10-18(11-9-16)24-22(26)19-6-4-3-5-17(19)14-27-2/h3-13H,14H2,1-2H3,(H,24,26). The molecule has 0 atom stereocenters. The number of nitrogens with zero attached hydrogens (tertiary/aromatic N) is 1. The molecular formula is C23H20N2O2S. The lowest BCUT2D eigenvalue weighted by Gasteiger charge is -2.10. The Kier molecular flexibility index (Phi) is 5.19. The van der Waals surface area contributed by atoms with Gasteiger partial charge in [-0.05, 0) is 60.5 Å². The molecule has 0 aliphatic rings. The van der Waals surface area contributed by atoms with Gasteiger partial charge in [-0.1, -0.05) is 24.3 Å². The number of hydrogen-bond donors (Lipinski definition) is 1. The SMILES string of the molecule is COCc1ccccc1C(=O)Nc1ccc(-c2nc3ccc(C)cc3s2)cc1. The maximum atomic E-state index is 12.6. The molecule has 0 unspecified atom stereocenters. The maximum absolute atomic E-state index is 12.6. The van der Waals surface area contributed by atoms with Crippen LogP contribution >= 0.6 is 11.3 Å². The summed E-state index contributed by atoms with van der Waals surface area (Å²) in [5, 5.41) is 3.93. The fraction of sp³-hybridized carbons (Fsp3) is 0.130. The zero-order valence-corrected chi connectivity index (χ0v) is 16.5. The van der Waals surface area contributed by atoms with Crippen LogP contribution in [0.1, 0.15) is 21.5 Å². The lowest BCUT2D eigenvalue weighted by Crippen LogP contribution is -2.14. The van der Waals surface area contributed by atoms with Crippen molar-refractivity contribution in [2.45, 2.75) is 13.5 Å². The summed E-state index contributed by atoms with van der Waals surface area (Å²) in [4.78, 5) is 17.3. The van der Waals surface area contributed by atoms with Crippen LogP contribution in [0.3, 0.4) is 0 Å². The minimum atomic E-state index is -0.143. The first-order valence-electron chi connectivity index (χ1n) is 9.00. The van der Waals surface area contributed by atoms with Crippen molar-refractivity contribution in [1.82, 2.24) is 4.98 Å². The number of fused-ring (bicyclic) bond motifs is 1. The Bertz CT molecular complexity index is 1130. The van der Waals surface area contributed by atoms with Crippen molar-refractivity contribution in [3.05, 3.63) is 83.4 Å². The molecule has 1 heterocycles. The number of carbonyl (C=O) groups is 1. The molecule has 28 heavy (non-hydrogen) atoms. The Morgan fingerprint density at radius 3 is 2.64 bits per heavy atom. The third-order valence-electron chi connectivity index (χ3n) is 4.50. The Hall–Kier alpha value is -3.02. The molecule has 0 spiro atoms. The van der Waals surface area contributed by atoms with Crippen LogP contribution < -0.4 is 5.32 Å². The second kappa shape index (κ2) is 7.92. The summed E-state index contributed by atoms with van der Waals surface area (Å²) in [7, 11) is 1.62. The first kappa shape index (κ1) is 18.3. The van der Waals surface area contributed by atoms with Crippen LogP contribution in [-0.4, -0.2) is 18.0 Å². The number of nitrogens with one attached hydrogen (secondary N) is 1. The number of benzene rings is 3. The quantitative estimate of drug-likeness (QED) is 0.479. The molecule has 4 rings (SSSR count). The highest BCUT2D eigenvalue weighted by Gasteiger charge is 2.12. The zero-order chi connectivity index (χ0) is 19.5. The number of methoxy groups -OCH3 is 1. The second-order valence-electron chi connectivity index (χ2n) is 6.61. The average Bonchev–Trinajstić information content (AvgIpc) is 3.12. The summed E-state index contributed by atoms with van der Waals surface area (Å²) >= 11 is 1.68. The van der Waals surface area contributed by atoms with E-state index in [0.29, 0.717) is 12.2 Å². The van der Waals surface area contributed by atoms with Crippen LogP contribution in [0, 0.1) is 6.92 Å². The molecule has 1 aromatic heterocycles. The minimum Gasteiger partial charge on any atom is -0.380 e. The smallest absolute Gasteiger partial charge is 0.256 e. The topological polar surface area (TPSA) is 51.2 Å². The molecule has 1 N–H and O–H groups in total. The molecule has 0 bridgehead atoms. The van der Waals surface area contributed by atoms with Crippen LogP contribution in [-0.2, 0) is 11.3 Å². The number of carbonyl (C=O) groups excluding carboxylic acids is 1. The van der Waals surface area contributed by atoms with E-state index in [-0.39, 0.29) is 5.91 Å². The van der Waals surface area contributed by atoms with Crippen LogP contribution in [0.25, 0.3) is 20.8 Å². The molecule has 4 nitrogen and oxygen atoms in total. The Balaban J connectivity index is 1.54. The van der Waals surface area contributed by atoms with Gasteiger partial charge in [-0.2, -0.15) is 0 Å². The number of amides is 1. The van der Waals surface area contributed by atoms with E-state index in [1.165, 1.54) is 10.3 Å². The molecule has 0 aliphatic heterocycles. The molecule has 0 radical (unpaired) electrons. The number of aryl methyl sites for hydroxylation is 1. The van der Waals surface area contributed by atoms with E-state index in [0.717, 1.165) is 27.3 Å². The second-order valence-corrected chi connectivity index (χ2v) is 7.64. The van der Waals surface area contributed by atoms with Gasteiger partial charge >= 0.3 is 0 Å². The summed E-state index contributed by atoms with van der Waals surface area (Å²) in [5.41, 5.74) is 5.51.